The van der Waals surface area contributed by atoms with Crippen molar-refractivity contribution in [3.05, 3.63) is 34.2 Å². The van der Waals surface area contributed by atoms with Gasteiger partial charge in [-0.15, -0.1) is 0 Å². The molecule has 0 aliphatic heterocycles. The van der Waals surface area contributed by atoms with Crippen LogP contribution in [0.5, 0.6) is 0 Å². The first-order valence-electron chi connectivity index (χ1n) is 4.78. The number of ether oxygens (including phenoxy) is 1. The van der Waals surface area contributed by atoms with E-state index in [1.165, 1.54) is 0 Å². The van der Waals surface area contributed by atoms with Crippen molar-refractivity contribution in [1.29, 1.82) is 0 Å². The van der Waals surface area contributed by atoms with Crippen molar-refractivity contribution in [3.63, 3.8) is 0 Å². The monoisotopic (exact) mass is 249 g/mol. The van der Waals surface area contributed by atoms with Gasteiger partial charge >= 0.3 is 12.1 Å². The van der Waals surface area contributed by atoms with Crippen molar-refractivity contribution in [3.8, 4) is 0 Å². The van der Waals surface area contributed by atoms with Gasteiger partial charge < -0.3 is 9.30 Å². The van der Waals surface area contributed by atoms with Gasteiger partial charge in [-0.25, -0.2) is 0 Å². The number of alkyl halides is 3. The van der Waals surface area contributed by atoms with Crippen molar-refractivity contribution in [2.75, 3.05) is 6.61 Å². The minimum absolute atomic E-state index is 0.104. The van der Waals surface area contributed by atoms with E-state index in [0.29, 0.717) is 10.6 Å². The van der Waals surface area contributed by atoms with Crippen LogP contribution < -0.4 is 5.56 Å². The molecule has 94 valence electrons. The molecule has 0 bridgehead atoms. The van der Waals surface area contributed by atoms with Gasteiger partial charge in [-0.1, -0.05) is 0 Å². The highest BCUT2D eigenvalue weighted by Gasteiger charge is 2.34. The fraction of sp³-hybridized carbons (Fsp3) is 0.400. The van der Waals surface area contributed by atoms with E-state index in [1.807, 2.05) is 0 Å². The van der Waals surface area contributed by atoms with E-state index in [0.717, 1.165) is 12.3 Å². The lowest BCUT2D eigenvalue weighted by atomic mass is 10.2. The third-order valence-electron chi connectivity index (χ3n) is 1.93. The molecule has 0 N–H and O–H groups in total. The highest BCUT2D eigenvalue weighted by Crippen LogP contribution is 2.25. The van der Waals surface area contributed by atoms with Crippen molar-refractivity contribution < 1.29 is 22.7 Å². The van der Waals surface area contributed by atoms with Crippen LogP contribution in [0.15, 0.2) is 23.1 Å². The molecular formula is C10H10F3NO3. The molecule has 1 rings (SSSR count). The Hall–Kier alpha value is -1.79. The van der Waals surface area contributed by atoms with E-state index in [4.69, 9.17) is 0 Å². The summed E-state index contributed by atoms with van der Waals surface area (Å²) >= 11 is 0. The molecule has 0 fully saturated rings. The number of carbonyl (C=O) groups is 1. The Labute approximate surface area is 94.6 Å². The van der Waals surface area contributed by atoms with Crippen molar-refractivity contribution in [2.45, 2.75) is 19.6 Å². The van der Waals surface area contributed by atoms with Crippen LogP contribution in [0.2, 0.25) is 0 Å². The summed E-state index contributed by atoms with van der Waals surface area (Å²) < 4.78 is 42.4. The predicted octanol–water partition coefficient (Wildman–Crippen LogP) is 1.43. The second-order valence-electron chi connectivity index (χ2n) is 3.16. The highest BCUT2D eigenvalue weighted by atomic mass is 19.4. The van der Waals surface area contributed by atoms with Crippen LogP contribution in [0, 0.1) is 0 Å². The average Bonchev–Trinajstić information content (AvgIpc) is 2.19. The molecule has 1 aromatic rings. The second-order valence-corrected chi connectivity index (χ2v) is 3.16. The summed E-state index contributed by atoms with van der Waals surface area (Å²) in [5.41, 5.74) is -2.56. The van der Waals surface area contributed by atoms with Crippen molar-refractivity contribution >= 4 is 5.97 Å². The van der Waals surface area contributed by atoms with Gasteiger partial charge in [0.05, 0.1) is 6.61 Å². The normalized spacial score (nSPS) is 11.3. The van der Waals surface area contributed by atoms with Crippen LogP contribution in [-0.4, -0.2) is 17.1 Å². The topological polar surface area (TPSA) is 48.3 Å². The average molecular weight is 249 g/mol. The quantitative estimate of drug-likeness (QED) is 0.761. The number of halogens is 3. The zero-order chi connectivity index (χ0) is 13.1. The summed E-state index contributed by atoms with van der Waals surface area (Å²) in [6.07, 6.45) is -3.62. The lowest BCUT2D eigenvalue weighted by molar-refractivity contribution is -0.145. The Bertz CT molecular complexity index is 465. The van der Waals surface area contributed by atoms with E-state index in [-0.39, 0.29) is 6.61 Å². The number of pyridine rings is 1. The third kappa shape index (κ3) is 3.33. The van der Waals surface area contributed by atoms with Crippen LogP contribution in [0.3, 0.4) is 0 Å². The lowest BCUT2D eigenvalue weighted by Crippen LogP contribution is -2.30. The standard InChI is InChI=1S/C10H10F3NO3/c1-2-17-8(15)6-14-5-3-4-7(9(14)16)10(11,12)13/h3-5H,2,6H2,1H3. The van der Waals surface area contributed by atoms with Crippen LogP contribution in [0.25, 0.3) is 0 Å². The molecule has 1 heterocycles. The predicted molar refractivity (Wildman–Crippen MR) is 52.3 cm³/mol. The van der Waals surface area contributed by atoms with E-state index >= 15 is 0 Å². The first-order valence-corrected chi connectivity index (χ1v) is 4.78. The summed E-state index contributed by atoms with van der Waals surface area (Å²) in [7, 11) is 0. The van der Waals surface area contributed by atoms with E-state index in [2.05, 4.69) is 4.74 Å². The maximum absolute atomic E-state index is 12.4. The van der Waals surface area contributed by atoms with Gasteiger partial charge in [0, 0.05) is 6.20 Å². The number of aromatic nitrogens is 1. The minimum Gasteiger partial charge on any atom is -0.465 e. The molecule has 0 saturated carbocycles. The van der Waals surface area contributed by atoms with E-state index in [9.17, 15) is 22.8 Å². The van der Waals surface area contributed by atoms with E-state index < -0.39 is 29.8 Å². The van der Waals surface area contributed by atoms with Gasteiger partial charge in [0.2, 0.25) is 0 Å². The van der Waals surface area contributed by atoms with Gasteiger partial charge in [-0.3, -0.25) is 9.59 Å². The largest absolute Gasteiger partial charge is 0.465 e. The van der Waals surface area contributed by atoms with Crippen molar-refractivity contribution in [1.82, 2.24) is 4.57 Å². The number of rotatable bonds is 3. The summed E-state index contributed by atoms with van der Waals surface area (Å²) in [6, 6.07) is 1.73. The summed E-state index contributed by atoms with van der Waals surface area (Å²) in [4.78, 5) is 22.5. The van der Waals surface area contributed by atoms with Gasteiger partial charge in [0.15, 0.2) is 0 Å². The molecule has 0 unspecified atom stereocenters. The van der Waals surface area contributed by atoms with Gasteiger partial charge in [-0.05, 0) is 19.1 Å². The second kappa shape index (κ2) is 5.03. The molecule has 0 aromatic carbocycles. The van der Waals surface area contributed by atoms with Crippen LogP contribution in [-0.2, 0) is 22.3 Å². The Balaban J connectivity index is 3.04. The SMILES string of the molecule is CCOC(=O)Cn1cccc(C(F)(F)F)c1=O. The molecule has 0 aliphatic rings. The molecule has 0 radical (unpaired) electrons. The summed E-state index contributed by atoms with van der Waals surface area (Å²) in [5.74, 6) is -0.756. The Kier molecular flexibility index (Phi) is 3.93. The molecule has 0 aliphatic carbocycles. The zero-order valence-electron chi connectivity index (χ0n) is 8.95. The first-order chi connectivity index (χ1) is 7.86. The number of hydrogen-bond acceptors (Lipinski definition) is 3. The summed E-state index contributed by atoms with van der Waals surface area (Å²) in [6.45, 7) is 1.13. The lowest BCUT2D eigenvalue weighted by Gasteiger charge is -2.09. The number of carbonyl (C=O) groups excluding carboxylic acids is 1. The molecular weight excluding hydrogens is 239 g/mol. The van der Waals surface area contributed by atoms with Gasteiger partial charge in [0.1, 0.15) is 12.1 Å². The van der Waals surface area contributed by atoms with E-state index in [1.54, 1.807) is 6.92 Å². The Morgan fingerprint density at radius 3 is 2.65 bits per heavy atom. The highest BCUT2D eigenvalue weighted by molar-refractivity contribution is 5.69. The minimum atomic E-state index is -4.73. The third-order valence-corrected chi connectivity index (χ3v) is 1.93. The number of hydrogen-bond donors (Lipinski definition) is 0. The number of nitrogens with zero attached hydrogens (tertiary/aromatic N) is 1. The van der Waals surface area contributed by atoms with Crippen LogP contribution >= 0.6 is 0 Å². The smallest absolute Gasteiger partial charge is 0.421 e. The number of esters is 1. The van der Waals surface area contributed by atoms with Crippen molar-refractivity contribution in [2.24, 2.45) is 0 Å². The molecule has 0 atom stereocenters. The maximum atomic E-state index is 12.4. The molecule has 17 heavy (non-hydrogen) atoms. The maximum Gasteiger partial charge on any atom is 0.421 e. The van der Waals surface area contributed by atoms with Gasteiger partial charge in [0.25, 0.3) is 5.56 Å². The molecule has 0 amide bonds. The molecule has 0 saturated heterocycles. The molecule has 0 spiro atoms. The first kappa shape index (κ1) is 13.3. The summed E-state index contributed by atoms with van der Waals surface area (Å²) in [5, 5.41) is 0. The Morgan fingerprint density at radius 1 is 1.47 bits per heavy atom. The molecule has 1 aromatic heterocycles. The zero-order valence-corrected chi connectivity index (χ0v) is 8.95. The van der Waals surface area contributed by atoms with Crippen LogP contribution in [0.4, 0.5) is 13.2 Å². The fourth-order valence-corrected chi connectivity index (χ4v) is 1.22. The van der Waals surface area contributed by atoms with Crippen LogP contribution in [0.1, 0.15) is 12.5 Å². The van der Waals surface area contributed by atoms with Gasteiger partial charge in [-0.2, -0.15) is 13.2 Å². The Morgan fingerprint density at radius 2 is 2.12 bits per heavy atom. The molecule has 4 nitrogen and oxygen atoms in total. The molecule has 7 heteroatoms. The fourth-order valence-electron chi connectivity index (χ4n) is 1.22.